The summed E-state index contributed by atoms with van der Waals surface area (Å²) in [5.74, 6) is 0.0681. The number of thiazole rings is 1. The molecule has 9 nitrogen and oxygen atoms in total. The number of anilines is 2. The highest BCUT2D eigenvalue weighted by Crippen LogP contribution is 2.37. The van der Waals surface area contributed by atoms with Crippen LogP contribution >= 0.6 is 11.3 Å². The van der Waals surface area contributed by atoms with Crippen LogP contribution in [-0.2, 0) is 4.74 Å². The van der Waals surface area contributed by atoms with E-state index in [0.29, 0.717) is 36.8 Å². The fraction of sp³-hybridized carbons (Fsp3) is 0.611. The third kappa shape index (κ3) is 6.38. The second-order valence-electron chi connectivity index (χ2n) is 7.23. The van der Waals surface area contributed by atoms with Crippen LogP contribution in [-0.4, -0.2) is 79.4 Å². The van der Waals surface area contributed by atoms with Gasteiger partial charge in [0.2, 0.25) is 12.7 Å². The molecular formula is C18H28FN5O4S. The van der Waals surface area contributed by atoms with Crippen LogP contribution in [0.1, 0.15) is 20.3 Å². The Morgan fingerprint density at radius 3 is 2.72 bits per heavy atom. The molecule has 0 atom stereocenters. The maximum Gasteiger partial charge on any atom is 0.323 e. The molecule has 0 aromatic carbocycles. The highest BCUT2D eigenvalue weighted by molar-refractivity contribution is 7.23. The van der Waals surface area contributed by atoms with Gasteiger partial charge in [0.15, 0.2) is 5.13 Å². The van der Waals surface area contributed by atoms with E-state index in [9.17, 15) is 14.3 Å². The zero-order valence-electron chi connectivity index (χ0n) is 17.4. The number of hydrogen-bond acceptors (Lipinski definition) is 8. The largest absolute Gasteiger partial charge is 0.444 e. The standard InChI is InChI=1S/C18H28FN5O4S/c1-18(2,26)6-7-24(4)17(25)22-16-21-13-14(29-16)12(23(3)8-9-27-5)10-20-15(13)28-11-19/h10,26H,6-9,11H2,1-5H3,(H,21,22,25). The second kappa shape index (κ2) is 9.99. The molecule has 0 aliphatic heterocycles. The number of halogens is 1. The van der Waals surface area contributed by atoms with Crippen molar-refractivity contribution in [3.8, 4) is 5.88 Å². The molecule has 0 spiro atoms. The van der Waals surface area contributed by atoms with Crippen molar-refractivity contribution in [3.63, 3.8) is 0 Å². The van der Waals surface area contributed by atoms with Gasteiger partial charge in [-0.05, 0) is 20.3 Å². The quantitative estimate of drug-likeness (QED) is 0.599. The number of rotatable bonds is 10. The fourth-order valence-corrected chi connectivity index (χ4v) is 3.45. The van der Waals surface area contributed by atoms with Crippen molar-refractivity contribution < 1.29 is 23.8 Å². The van der Waals surface area contributed by atoms with Crippen molar-refractivity contribution in [2.24, 2.45) is 0 Å². The number of likely N-dealkylation sites (N-methyl/N-ethyl adjacent to an activating group) is 1. The van der Waals surface area contributed by atoms with Gasteiger partial charge in [-0.15, -0.1) is 0 Å². The summed E-state index contributed by atoms with van der Waals surface area (Å²) in [5, 5.41) is 12.9. The molecular weight excluding hydrogens is 401 g/mol. The Kier molecular flexibility index (Phi) is 7.94. The van der Waals surface area contributed by atoms with E-state index in [1.54, 1.807) is 34.2 Å². The number of alkyl halides is 1. The number of carbonyl (C=O) groups is 1. The van der Waals surface area contributed by atoms with Crippen molar-refractivity contribution in [1.82, 2.24) is 14.9 Å². The number of methoxy groups -OCH3 is 1. The van der Waals surface area contributed by atoms with Crippen LogP contribution in [0.3, 0.4) is 0 Å². The summed E-state index contributed by atoms with van der Waals surface area (Å²) >= 11 is 1.25. The molecule has 0 unspecified atom stereocenters. The number of ether oxygens (including phenoxy) is 2. The smallest absolute Gasteiger partial charge is 0.323 e. The Morgan fingerprint density at radius 2 is 2.10 bits per heavy atom. The molecule has 0 saturated carbocycles. The number of aromatic nitrogens is 2. The van der Waals surface area contributed by atoms with E-state index < -0.39 is 12.5 Å². The zero-order valence-corrected chi connectivity index (χ0v) is 18.2. The Labute approximate surface area is 173 Å². The number of pyridine rings is 1. The molecule has 2 N–H and O–H groups in total. The lowest BCUT2D eigenvalue weighted by atomic mass is 10.1. The van der Waals surface area contributed by atoms with Gasteiger partial charge in [0.25, 0.3) is 0 Å². The first-order valence-electron chi connectivity index (χ1n) is 9.09. The van der Waals surface area contributed by atoms with Crippen LogP contribution in [0.25, 0.3) is 10.2 Å². The number of urea groups is 1. The second-order valence-corrected chi connectivity index (χ2v) is 8.23. The number of carbonyl (C=O) groups excluding carboxylic acids is 1. The van der Waals surface area contributed by atoms with Crippen molar-refractivity contribution in [3.05, 3.63) is 6.20 Å². The van der Waals surface area contributed by atoms with Gasteiger partial charge in [-0.3, -0.25) is 5.32 Å². The van der Waals surface area contributed by atoms with Gasteiger partial charge in [-0.2, -0.15) is 0 Å². The summed E-state index contributed by atoms with van der Waals surface area (Å²) in [5.41, 5.74) is 0.289. The predicted molar refractivity (Wildman–Crippen MR) is 112 cm³/mol. The first kappa shape index (κ1) is 23.0. The molecule has 2 aromatic rings. The SMILES string of the molecule is COCCN(C)c1cnc(OCF)c2nc(NC(=O)N(C)CCC(C)(C)O)sc12. The average Bonchev–Trinajstić information content (AvgIpc) is 3.07. The van der Waals surface area contributed by atoms with Gasteiger partial charge < -0.3 is 24.4 Å². The number of nitrogens with one attached hydrogen (secondary N) is 1. The Balaban J connectivity index is 2.25. The zero-order chi connectivity index (χ0) is 21.6. The summed E-state index contributed by atoms with van der Waals surface area (Å²) in [6, 6.07) is -0.358. The minimum atomic E-state index is -1.03. The van der Waals surface area contributed by atoms with E-state index in [2.05, 4.69) is 15.3 Å². The Bertz CT molecular complexity index is 826. The highest BCUT2D eigenvalue weighted by atomic mass is 32.1. The molecule has 11 heteroatoms. The first-order valence-corrected chi connectivity index (χ1v) is 9.90. The lowest BCUT2D eigenvalue weighted by Crippen LogP contribution is -2.35. The van der Waals surface area contributed by atoms with Crippen molar-refractivity contribution in [2.45, 2.75) is 25.9 Å². The molecule has 0 radical (unpaired) electrons. The third-order valence-electron chi connectivity index (χ3n) is 4.22. The summed E-state index contributed by atoms with van der Waals surface area (Å²) < 4.78 is 23.5. The Hall–Kier alpha value is -2.24. The minimum Gasteiger partial charge on any atom is -0.444 e. The number of aliphatic hydroxyl groups is 1. The van der Waals surface area contributed by atoms with Gasteiger partial charge in [0.1, 0.15) is 5.52 Å². The maximum atomic E-state index is 12.7. The van der Waals surface area contributed by atoms with E-state index in [1.807, 2.05) is 11.9 Å². The molecule has 0 fully saturated rings. The van der Waals surface area contributed by atoms with Gasteiger partial charge in [0.05, 0.1) is 28.8 Å². The number of fused-ring (bicyclic) bond motifs is 1. The minimum absolute atomic E-state index is 0.0681. The lowest BCUT2D eigenvalue weighted by molar-refractivity contribution is 0.0643. The lowest BCUT2D eigenvalue weighted by Gasteiger charge is -2.22. The van der Waals surface area contributed by atoms with Crippen LogP contribution < -0.4 is 15.0 Å². The average molecular weight is 430 g/mol. The highest BCUT2D eigenvalue weighted by Gasteiger charge is 2.20. The molecule has 0 saturated heterocycles. The molecule has 0 aliphatic carbocycles. The van der Waals surface area contributed by atoms with Gasteiger partial charge in [0, 0.05) is 34.3 Å². The van der Waals surface area contributed by atoms with Gasteiger partial charge >= 0.3 is 6.03 Å². The number of nitrogens with zero attached hydrogens (tertiary/aromatic N) is 4. The molecule has 2 rings (SSSR count). The molecule has 0 bridgehead atoms. The van der Waals surface area contributed by atoms with Crippen molar-refractivity contribution >= 4 is 38.4 Å². The third-order valence-corrected chi connectivity index (χ3v) is 5.21. The van der Waals surface area contributed by atoms with Crippen molar-refractivity contribution in [2.75, 3.05) is 58.0 Å². The number of hydrogen-bond donors (Lipinski definition) is 2. The van der Waals surface area contributed by atoms with E-state index in [0.717, 1.165) is 10.4 Å². The summed E-state index contributed by atoms with van der Waals surface area (Å²) in [6.07, 6.45) is 2.02. The van der Waals surface area contributed by atoms with E-state index >= 15 is 0 Å². The summed E-state index contributed by atoms with van der Waals surface area (Å²) in [4.78, 5) is 24.4. The normalized spacial score (nSPS) is 11.6. The fourth-order valence-electron chi connectivity index (χ4n) is 2.44. The van der Waals surface area contributed by atoms with Crippen LogP contribution in [0.2, 0.25) is 0 Å². The van der Waals surface area contributed by atoms with E-state index in [1.165, 1.54) is 16.2 Å². The molecule has 2 heterocycles. The van der Waals surface area contributed by atoms with Crippen LogP contribution in [0.5, 0.6) is 5.88 Å². The molecule has 2 amide bonds. The maximum absolute atomic E-state index is 12.7. The monoisotopic (exact) mass is 429 g/mol. The van der Waals surface area contributed by atoms with Gasteiger partial charge in [-0.1, -0.05) is 11.3 Å². The summed E-state index contributed by atoms with van der Waals surface area (Å²) in [6.45, 7) is 3.87. The van der Waals surface area contributed by atoms with Crippen molar-refractivity contribution in [1.29, 1.82) is 0 Å². The number of amides is 2. The van der Waals surface area contributed by atoms with E-state index in [-0.39, 0.29) is 11.9 Å². The van der Waals surface area contributed by atoms with Crippen LogP contribution in [0.15, 0.2) is 6.20 Å². The van der Waals surface area contributed by atoms with Gasteiger partial charge in [-0.25, -0.2) is 19.2 Å². The molecule has 2 aromatic heterocycles. The topological polar surface area (TPSA) is 100 Å². The van der Waals surface area contributed by atoms with Crippen LogP contribution in [0.4, 0.5) is 20.0 Å². The molecule has 162 valence electrons. The Morgan fingerprint density at radius 1 is 1.38 bits per heavy atom. The summed E-state index contributed by atoms with van der Waals surface area (Å²) in [7, 11) is 5.14. The van der Waals surface area contributed by atoms with E-state index in [4.69, 9.17) is 9.47 Å². The molecule has 29 heavy (non-hydrogen) atoms. The predicted octanol–water partition coefficient (Wildman–Crippen LogP) is 2.70. The molecule has 0 aliphatic rings. The first-order chi connectivity index (χ1) is 13.7. The van der Waals surface area contributed by atoms with Crippen LogP contribution in [0, 0.1) is 0 Å².